The third-order valence-electron chi connectivity index (χ3n) is 3.37. The van der Waals surface area contributed by atoms with Gasteiger partial charge in [0.15, 0.2) is 0 Å². The van der Waals surface area contributed by atoms with E-state index in [1.807, 2.05) is 24.3 Å². The number of piperidine rings is 1. The van der Waals surface area contributed by atoms with Crippen molar-refractivity contribution in [1.82, 2.24) is 10.3 Å². The second kappa shape index (κ2) is 6.39. The summed E-state index contributed by atoms with van der Waals surface area (Å²) < 4.78 is 25.9. The van der Waals surface area contributed by atoms with Crippen molar-refractivity contribution in [3.63, 3.8) is 0 Å². The Morgan fingerprint density at radius 1 is 1.30 bits per heavy atom. The van der Waals surface area contributed by atoms with Gasteiger partial charge in [0.25, 0.3) is 0 Å². The molecule has 20 heavy (non-hydrogen) atoms. The van der Waals surface area contributed by atoms with Gasteiger partial charge in [-0.3, -0.25) is 0 Å². The van der Waals surface area contributed by atoms with Crippen LogP contribution in [0, 0.1) is 0 Å². The molecule has 0 amide bonds. The standard InChI is InChI=1S/C13H16N2O2S2.ClH/c16-19(17,9-10-5-3-4-8-14-10)13-15-11-6-1-2-7-12(11)18-13;/h1-2,6-7,10,14H,3-5,8-9H2;1H. The first-order valence-electron chi connectivity index (χ1n) is 6.47. The van der Waals surface area contributed by atoms with Crippen molar-refractivity contribution in [2.24, 2.45) is 0 Å². The molecule has 0 radical (unpaired) electrons. The van der Waals surface area contributed by atoms with Gasteiger partial charge in [0.05, 0.1) is 16.0 Å². The van der Waals surface area contributed by atoms with Crippen molar-refractivity contribution in [2.45, 2.75) is 29.6 Å². The minimum Gasteiger partial charge on any atom is -0.313 e. The lowest BCUT2D eigenvalue weighted by Gasteiger charge is -2.22. The first kappa shape index (κ1) is 15.7. The minimum absolute atomic E-state index is 0. The summed E-state index contributed by atoms with van der Waals surface area (Å²) >= 11 is 1.27. The van der Waals surface area contributed by atoms with E-state index >= 15 is 0 Å². The van der Waals surface area contributed by atoms with Gasteiger partial charge in [0.1, 0.15) is 0 Å². The zero-order valence-electron chi connectivity index (χ0n) is 10.9. The zero-order valence-corrected chi connectivity index (χ0v) is 13.4. The third kappa shape index (κ3) is 3.31. The summed E-state index contributed by atoms with van der Waals surface area (Å²) in [4.78, 5) is 4.25. The van der Waals surface area contributed by atoms with Crippen molar-refractivity contribution < 1.29 is 8.42 Å². The van der Waals surface area contributed by atoms with E-state index in [1.54, 1.807) is 0 Å². The summed E-state index contributed by atoms with van der Waals surface area (Å²) in [6, 6.07) is 7.61. The number of halogens is 1. The van der Waals surface area contributed by atoms with Crippen LogP contribution >= 0.6 is 23.7 Å². The molecule has 0 bridgehead atoms. The molecule has 0 spiro atoms. The van der Waals surface area contributed by atoms with Crippen LogP contribution in [0.4, 0.5) is 0 Å². The molecule has 2 aromatic rings. The van der Waals surface area contributed by atoms with Gasteiger partial charge in [0.2, 0.25) is 14.2 Å². The number of nitrogens with zero attached hydrogens (tertiary/aromatic N) is 1. The Hall–Kier alpha value is -0.690. The molecule has 1 aliphatic rings. The molecule has 4 nitrogen and oxygen atoms in total. The smallest absolute Gasteiger partial charge is 0.210 e. The van der Waals surface area contributed by atoms with Gasteiger partial charge in [-0.05, 0) is 31.5 Å². The van der Waals surface area contributed by atoms with Crippen molar-refractivity contribution in [1.29, 1.82) is 0 Å². The normalized spacial score (nSPS) is 19.7. The fourth-order valence-corrected chi connectivity index (χ4v) is 5.26. The molecule has 0 saturated carbocycles. The largest absolute Gasteiger partial charge is 0.313 e. The Labute approximate surface area is 128 Å². The lowest BCUT2D eigenvalue weighted by atomic mass is 10.1. The Morgan fingerprint density at radius 3 is 2.80 bits per heavy atom. The van der Waals surface area contributed by atoms with Crippen LogP contribution in [0.25, 0.3) is 10.2 Å². The number of hydrogen-bond donors (Lipinski definition) is 1. The average molecular weight is 333 g/mol. The maximum Gasteiger partial charge on any atom is 0.210 e. The van der Waals surface area contributed by atoms with Crippen molar-refractivity contribution in [3.05, 3.63) is 24.3 Å². The second-order valence-corrected chi connectivity index (χ2v) is 8.11. The first-order valence-corrected chi connectivity index (χ1v) is 8.94. The van der Waals surface area contributed by atoms with Crippen LogP contribution in [-0.4, -0.2) is 31.7 Å². The van der Waals surface area contributed by atoms with Crippen molar-refractivity contribution in [2.75, 3.05) is 12.3 Å². The molecule has 0 aliphatic carbocycles. The van der Waals surface area contributed by atoms with Gasteiger partial charge in [-0.25, -0.2) is 13.4 Å². The van der Waals surface area contributed by atoms with Crippen LogP contribution in [0.3, 0.4) is 0 Å². The summed E-state index contributed by atoms with van der Waals surface area (Å²) in [6.45, 7) is 0.917. The third-order valence-corrected chi connectivity index (χ3v) is 6.68. The number of benzene rings is 1. The number of hydrogen-bond acceptors (Lipinski definition) is 5. The predicted octanol–water partition coefficient (Wildman–Crippen LogP) is 2.63. The maximum atomic E-state index is 12.4. The van der Waals surface area contributed by atoms with E-state index in [2.05, 4.69) is 10.3 Å². The summed E-state index contributed by atoms with van der Waals surface area (Å²) in [7, 11) is -3.28. The Bertz CT molecular complexity index is 645. The quantitative estimate of drug-likeness (QED) is 0.938. The van der Waals surface area contributed by atoms with E-state index in [-0.39, 0.29) is 28.5 Å². The van der Waals surface area contributed by atoms with Gasteiger partial charge in [-0.15, -0.1) is 23.7 Å². The molecule has 1 aliphatic heterocycles. The van der Waals surface area contributed by atoms with E-state index in [0.717, 1.165) is 36.0 Å². The van der Waals surface area contributed by atoms with Crippen molar-refractivity contribution in [3.8, 4) is 0 Å². The molecule has 1 N–H and O–H groups in total. The number of rotatable bonds is 3. The minimum atomic E-state index is -3.28. The first-order chi connectivity index (χ1) is 9.15. The number of aromatic nitrogens is 1. The monoisotopic (exact) mass is 332 g/mol. The topological polar surface area (TPSA) is 59.1 Å². The van der Waals surface area contributed by atoms with Gasteiger partial charge >= 0.3 is 0 Å². The van der Waals surface area contributed by atoms with E-state index < -0.39 is 9.84 Å². The molecule has 1 saturated heterocycles. The zero-order chi connectivity index (χ0) is 13.3. The number of thiazole rings is 1. The molecule has 1 atom stereocenters. The number of fused-ring (bicyclic) bond motifs is 1. The average Bonchev–Trinajstić information content (AvgIpc) is 2.84. The highest BCUT2D eigenvalue weighted by atomic mass is 35.5. The van der Waals surface area contributed by atoms with Crippen LogP contribution in [0.5, 0.6) is 0 Å². The Morgan fingerprint density at radius 2 is 2.10 bits per heavy atom. The highest BCUT2D eigenvalue weighted by molar-refractivity contribution is 7.93. The SMILES string of the molecule is Cl.O=S(=O)(CC1CCCCN1)c1nc2ccccc2s1. The highest BCUT2D eigenvalue weighted by Crippen LogP contribution is 2.26. The van der Waals surface area contributed by atoms with Crippen LogP contribution in [-0.2, 0) is 9.84 Å². The van der Waals surface area contributed by atoms with Crippen molar-refractivity contribution >= 4 is 43.8 Å². The number of para-hydroxylation sites is 1. The molecule has 1 unspecified atom stereocenters. The van der Waals surface area contributed by atoms with E-state index in [4.69, 9.17) is 0 Å². The molecule has 110 valence electrons. The highest BCUT2D eigenvalue weighted by Gasteiger charge is 2.25. The van der Waals surface area contributed by atoms with E-state index in [9.17, 15) is 8.42 Å². The Balaban J connectivity index is 0.00000147. The molecular formula is C13H17ClN2O2S2. The fourth-order valence-electron chi connectivity index (χ4n) is 2.39. The Kier molecular flexibility index (Phi) is 5.01. The molecule has 1 aromatic heterocycles. The van der Waals surface area contributed by atoms with Crippen LogP contribution in [0.15, 0.2) is 28.6 Å². The summed E-state index contributed by atoms with van der Waals surface area (Å²) in [6.07, 6.45) is 3.18. The molecular weight excluding hydrogens is 316 g/mol. The maximum absolute atomic E-state index is 12.4. The van der Waals surface area contributed by atoms with E-state index in [1.165, 1.54) is 11.3 Å². The lowest BCUT2D eigenvalue weighted by molar-refractivity contribution is 0.423. The second-order valence-electron chi connectivity index (χ2n) is 4.88. The molecule has 2 heterocycles. The summed E-state index contributed by atoms with van der Waals surface area (Å²) in [5.41, 5.74) is 0.766. The van der Waals surface area contributed by atoms with Gasteiger partial charge in [-0.2, -0.15) is 0 Å². The van der Waals surface area contributed by atoms with E-state index in [0.29, 0.717) is 0 Å². The predicted molar refractivity (Wildman–Crippen MR) is 84.6 cm³/mol. The van der Waals surface area contributed by atoms with Crippen LogP contribution < -0.4 is 5.32 Å². The summed E-state index contributed by atoms with van der Waals surface area (Å²) in [5.74, 6) is 0.160. The summed E-state index contributed by atoms with van der Waals surface area (Å²) in [5, 5.41) is 3.28. The van der Waals surface area contributed by atoms with Crippen LogP contribution in [0.1, 0.15) is 19.3 Å². The van der Waals surface area contributed by atoms with Gasteiger partial charge in [0, 0.05) is 6.04 Å². The molecule has 7 heteroatoms. The number of nitrogens with one attached hydrogen (secondary N) is 1. The van der Waals surface area contributed by atoms with Crippen LogP contribution in [0.2, 0.25) is 0 Å². The number of sulfone groups is 1. The fraction of sp³-hybridized carbons (Fsp3) is 0.462. The molecule has 3 rings (SSSR count). The van der Waals surface area contributed by atoms with Gasteiger partial charge < -0.3 is 5.32 Å². The lowest BCUT2D eigenvalue weighted by Crippen LogP contribution is -2.39. The molecule has 1 aromatic carbocycles. The molecule has 1 fully saturated rings. The van der Waals surface area contributed by atoms with Gasteiger partial charge in [-0.1, -0.05) is 18.6 Å².